The monoisotopic (exact) mass is 317 g/mol. The van der Waals surface area contributed by atoms with Crippen molar-refractivity contribution < 1.29 is 18.3 Å². The van der Waals surface area contributed by atoms with Gasteiger partial charge in [0.25, 0.3) is 0 Å². The molecule has 0 saturated carbocycles. The van der Waals surface area contributed by atoms with Crippen LogP contribution in [-0.4, -0.2) is 36.9 Å². The lowest BCUT2D eigenvalue weighted by Gasteiger charge is -2.30. The maximum atomic E-state index is 12.4. The molecular weight excluding hydrogens is 302 g/mol. The molecule has 0 radical (unpaired) electrons. The average molecular weight is 318 g/mol. The van der Waals surface area contributed by atoms with Crippen molar-refractivity contribution >= 4 is 27.6 Å². The van der Waals surface area contributed by atoms with E-state index in [1.807, 2.05) is 0 Å². The Kier molecular flexibility index (Phi) is 4.67. The van der Waals surface area contributed by atoms with Gasteiger partial charge in [0.1, 0.15) is 0 Å². The van der Waals surface area contributed by atoms with E-state index in [4.69, 9.17) is 16.7 Å². The Morgan fingerprint density at radius 2 is 2.00 bits per heavy atom. The van der Waals surface area contributed by atoms with E-state index in [2.05, 4.69) is 0 Å². The second-order valence-corrected chi connectivity index (χ2v) is 7.28. The summed E-state index contributed by atoms with van der Waals surface area (Å²) in [5.41, 5.74) is 0. The van der Waals surface area contributed by atoms with E-state index in [1.54, 1.807) is 12.1 Å². The third-order valence-electron chi connectivity index (χ3n) is 3.47. The highest BCUT2D eigenvalue weighted by Crippen LogP contribution is 2.26. The quantitative estimate of drug-likeness (QED) is 0.924. The van der Waals surface area contributed by atoms with E-state index in [1.165, 1.54) is 16.4 Å². The van der Waals surface area contributed by atoms with Crippen LogP contribution in [0.2, 0.25) is 5.02 Å². The predicted molar refractivity (Wildman–Crippen MR) is 75.2 cm³/mol. The van der Waals surface area contributed by atoms with E-state index in [0.717, 1.165) is 0 Å². The molecule has 5 nitrogen and oxygen atoms in total. The first-order valence-electron chi connectivity index (χ1n) is 6.37. The summed E-state index contributed by atoms with van der Waals surface area (Å²) in [6.07, 6.45) is 1.25. The molecule has 2 rings (SSSR count). The van der Waals surface area contributed by atoms with Crippen LogP contribution in [0.3, 0.4) is 0 Å². The molecule has 1 aromatic rings. The lowest BCUT2D eigenvalue weighted by atomic mass is 9.95. The first kappa shape index (κ1) is 15.3. The number of benzene rings is 1. The molecule has 1 aliphatic heterocycles. The Hall–Kier alpha value is -1.11. The molecule has 20 heavy (non-hydrogen) atoms. The van der Waals surface area contributed by atoms with Gasteiger partial charge in [-0.3, -0.25) is 4.79 Å². The summed E-state index contributed by atoms with van der Waals surface area (Å²) in [6.45, 7) is 0.708. The van der Waals surface area contributed by atoms with Crippen LogP contribution >= 0.6 is 11.6 Å². The van der Waals surface area contributed by atoms with Crippen molar-refractivity contribution in [3.05, 3.63) is 29.3 Å². The second kappa shape index (κ2) is 6.11. The number of carboxylic acid groups (broad SMARTS) is 1. The Morgan fingerprint density at radius 3 is 2.55 bits per heavy atom. The molecule has 110 valence electrons. The van der Waals surface area contributed by atoms with Crippen LogP contribution in [0.5, 0.6) is 0 Å². The summed E-state index contributed by atoms with van der Waals surface area (Å²) in [4.78, 5) is 10.8. The van der Waals surface area contributed by atoms with E-state index in [0.29, 0.717) is 31.0 Å². The number of aliphatic carboxylic acids is 1. The van der Waals surface area contributed by atoms with Gasteiger partial charge in [0, 0.05) is 24.5 Å². The highest BCUT2D eigenvalue weighted by atomic mass is 35.5. The van der Waals surface area contributed by atoms with Crippen molar-refractivity contribution in [1.82, 2.24) is 4.31 Å². The van der Waals surface area contributed by atoms with E-state index in [-0.39, 0.29) is 17.2 Å². The molecule has 1 heterocycles. The Morgan fingerprint density at radius 1 is 1.35 bits per heavy atom. The molecule has 1 aliphatic rings. The highest BCUT2D eigenvalue weighted by molar-refractivity contribution is 7.89. The zero-order valence-electron chi connectivity index (χ0n) is 10.8. The maximum Gasteiger partial charge on any atom is 0.303 e. The topological polar surface area (TPSA) is 74.7 Å². The van der Waals surface area contributed by atoms with Crippen LogP contribution in [0.25, 0.3) is 0 Å². The fourth-order valence-electron chi connectivity index (χ4n) is 2.38. The Balaban J connectivity index is 2.08. The number of hydrogen-bond acceptors (Lipinski definition) is 3. The standard InChI is InChI=1S/C13H16ClNO4S/c14-11-2-1-3-12(9-11)20(18,19)15-6-4-10(5-7-15)8-13(16)17/h1-3,9-10H,4-8H2,(H,16,17). The van der Waals surface area contributed by atoms with Gasteiger partial charge in [-0.2, -0.15) is 4.31 Å². The number of sulfonamides is 1. The molecule has 1 N–H and O–H groups in total. The number of carbonyl (C=O) groups is 1. The second-order valence-electron chi connectivity index (χ2n) is 4.90. The van der Waals surface area contributed by atoms with Gasteiger partial charge in [0.05, 0.1) is 4.90 Å². The van der Waals surface area contributed by atoms with Crippen molar-refractivity contribution in [2.45, 2.75) is 24.2 Å². The van der Waals surface area contributed by atoms with Crippen LogP contribution in [0, 0.1) is 5.92 Å². The lowest BCUT2D eigenvalue weighted by Crippen LogP contribution is -2.38. The summed E-state index contributed by atoms with van der Waals surface area (Å²) in [5, 5.41) is 9.13. The van der Waals surface area contributed by atoms with Crippen molar-refractivity contribution in [2.75, 3.05) is 13.1 Å². The smallest absolute Gasteiger partial charge is 0.303 e. The number of nitrogens with zero attached hydrogens (tertiary/aromatic N) is 1. The van der Waals surface area contributed by atoms with Gasteiger partial charge in [0.15, 0.2) is 0 Å². The number of halogens is 1. The molecular formula is C13H16ClNO4S. The van der Waals surface area contributed by atoms with Crippen LogP contribution in [0.1, 0.15) is 19.3 Å². The molecule has 7 heteroatoms. The fraction of sp³-hybridized carbons (Fsp3) is 0.462. The first-order valence-corrected chi connectivity index (χ1v) is 8.19. The lowest BCUT2D eigenvalue weighted by molar-refractivity contribution is -0.138. The molecule has 0 amide bonds. The molecule has 1 saturated heterocycles. The molecule has 0 aromatic heterocycles. The minimum absolute atomic E-state index is 0.0540. The summed E-state index contributed by atoms with van der Waals surface area (Å²) < 4.78 is 26.2. The van der Waals surface area contributed by atoms with Crippen molar-refractivity contribution in [1.29, 1.82) is 0 Å². The van der Waals surface area contributed by atoms with E-state index < -0.39 is 16.0 Å². The first-order chi connectivity index (χ1) is 9.39. The van der Waals surface area contributed by atoms with Gasteiger partial charge in [-0.1, -0.05) is 17.7 Å². The van der Waals surface area contributed by atoms with Gasteiger partial charge >= 0.3 is 5.97 Å². The molecule has 0 spiro atoms. The summed E-state index contributed by atoms with van der Waals surface area (Å²) in [7, 11) is -3.53. The zero-order valence-corrected chi connectivity index (χ0v) is 12.4. The van der Waals surface area contributed by atoms with Crippen LogP contribution in [0.4, 0.5) is 0 Å². The normalized spacial score (nSPS) is 18.1. The summed E-state index contributed by atoms with van der Waals surface area (Å²) in [6, 6.07) is 6.18. The number of rotatable bonds is 4. The van der Waals surface area contributed by atoms with E-state index >= 15 is 0 Å². The van der Waals surface area contributed by atoms with Crippen LogP contribution in [-0.2, 0) is 14.8 Å². The SMILES string of the molecule is O=C(O)CC1CCN(S(=O)(=O)c2cccc(Cl)c2)CC1. The average Bonchev–Trinajstić information content (AvgIpc) is 2.38. The van der Waals surface area contributed by atoms with Gasteiger partial charge < -0.3 is 5.11 Å². The van der Waals surface area contributed by atoms with Gasteiger partial charge in [0.2, 0.25) is 10.0 Å². The molecule has 0 atom stereocenters. The predicted octanol–water partition coefficient (Wildman–Crippen LogP) is 2.22. The van der Waals surface area contributed by atoms with Crippen molar-refractivity contribution in [3.63, 3.8) is 0 Å². The minimum atomic E-state index is -3.53. The van der Waals surface area contributed by atoms with Gasteiger partial charge in [-0.15, -0.1) is 0 Å². The third-order valence-corrected chi connectivity index (χ3v) is 5.60. The summed E-state index contributed by atoms with van der Waals surface area (Å²) >= 11 is 5.82. The van der Waals surface area contributed by atoms with E-state index in [9.17, 15) is 13.2 Å². The number of piperidine rings is 1. The van der Waals surface area contributed by atoms with Crippen molar-refractivity contribution in [2.24, 2.45) is 5.92 Å². The Labute approximate surface area is 123 Å². The van der Waals surface area contributed by atoms with Crippen LogP contribution < -0.4 is 0 Å². The fourth-order valence-corrected chi connectivity index (χ4v) is 4.15. The third kappa shape index (κ3) is 3.50. The molecule has 0 bridgehead atoms. The minimum Gasteiger partial charge on any atom is -0.481 e. The summed E-state index contributed by atoms with van der Waals surface area (Å²) in [5.74, 6) is -0.778. The van der Waals surface area contributed by atoms with Crippen molar-refractivity contribution in [3.8, 4) is 0 Å². The highest BCUT2D eigenvalue weighted by Gasteiger charge is 2.30. The number of hydrogen-bond donors (Lipinski definition) is 1. The van der Waals surface area contributed by atoms with Gasteiger partial charge in [-0.05, 0) is 37.0 Å². The molecule has 1 fully saturated rings. The maximum absolute atomic E-state index is 12.4. The zero-order chi connectivity index (χ0) is 14.8. The largest absolute Gasteiger partial charge is 0.481 e. The van der Waals surface area contributed by atoms with Gasteiger partial charge in [-0.25, -0.2) is 8.42 Å². The molecule has 0 aliphatic carbocycles. The molecule has 0 unspecified atom stereocenters. The Bertz CT molecular complexity index is 594. The number of carboxylic acids is 1. The molecule has 1 aromatic carbocycles. The van der Waals surface area contributed by atoms with Crippen LogP contribution in [0.15, 0.2) is 29.2 Å².